The van der Waals surface area contributed by atoms with Gasteiger partial charge in [0.15, 0.2) is 0 Å². The number of amides is 1. The second-order valence-electron chi connectivity index (χ2n) is 9.47. The van der Waals surface area contributed by atoms with Gasteiger partial charge < -0.3 is 5.32 Å². The number of sulfonamides is 2. The van der Waals surface area contributed by atoms with E-state index in [0.717, 1.165) is 11.1 Å². The summed E-state index contributed by atoms with van der Waals surface area (Å²) in [6.07, 6.45) is 0.802. The summed E-state index contributed by atoms with van der Waals surface area (Å²) in [7, 11) is -7.29. The lowest BCUT2D eigenvalue weighted by Gasteiger charge is -2.30. The van der Waals surface area contributed by atoms with Crippen molar-refractivity contribution in [2.45, 2.75) is 37.3 Å². The van der Waals surface area contributed by atoms with Crippen LogP contribution in [0.3, 0.4) is 0 Å². The number of carbonyl (C=O) groups is 1. The Balaban J connectivity index is 1.31. The molecule has 2 N–H and O–H groups in total. The maximum absolute atomic E-state index is 12.8. The summed E-state index contributed by atoms with van der Waals surface area (Å²) in [5.41, 5.74) is 3.65. The lowest BCUT2D eigenvalue weighted by molar-refractivity contribution is -0.120. The van der Waals surface area contributed by atoms with E-state index in [9.17, 15) is 21.6 Å². The fourth-order valence-electron chi connectivity index (χ4n) is 4.26. The lowest BCUT2D eigenvalue weighted by Crippen LogP contribution is -2.41. The van der Waals surface area contributed by atoms with Gasteiger partial charge in [-0.3, -0.25) is 9.52 Å². The smallest absolute Gasteiger partial charge is 0.261 e. The Bertz CT molecular complexity index is 1520. The maximum atomic E-state index is 12.8. The number of hydrogen-bond acceptors (Lipinski definition) is 5. The van der Waals surface area contributed by atoms with Crippen molar-refractivity contribution in [1.29, 1.82) is 0 Å². The van der Waals surface area contributed by atoms with Crippen LogP contribution in [0.4, 0.5) is 11.4 Å². The molecule has 11 heteroatoms. The predicted octanol–water partition coefficient (Wildman–Crippen LogP) is 4.94. The highest BCUT2D eigenvalue weighted by Gasteiger charge is 2.31. The van der Waals surface area contributed by atoms with Crippen LogP contribution >= 0.6 is 11.6 Å². The fraction of sp³-hybridized carbons (Fsp3) is 0.296. The predicted molar refractivity (Wildman–Crippen MR) is 150 cm³/mol. The molecule has 0 atom stereocenters. The van der Waals surface area contributed by atoms with Crippen LogP contribution in [0.5, 0.6) is 0 Å². The van der Waals surface area contributed by atoms with Gasteiger partial charge in [-0.05, 0) is 91.9 Å². The molecule has 1 aliphatic rings. The molecule has 3 aromatic carbocycles. The van der Waals surface area contributed by atoms with Crippen LogP contribution in [-0.4, -0.2) is 40.1 Å². The highest BCUT2D eigenvalue weighted by molar-refractivity contribution is 7.92. The van der Waals surface area contributed by atoms with E-state index in [-0.39, 0.29) is 35.6 Å². The molecular weight excluding hydrogens is 546 g/mol. The molecule has 1 aliphatic heterocycles. The van der Waals surface area contributed by atoms with Gasteiger partial charge >= 0.3 is 0 Å². The summed E-state index contributed by atoms with van der Waals surface area (Å²) in [6, 6.07) is 18.0. The average Bonchev–Trinajstić information content (AvgIpc) is 2.88. The maximum Gasteiger partial charge on any atom is 0.261 e. The highest BCUT2D eigenvalue weighted by Crippen LogP contribution is 2.25. The number of nitrogens with one attached hydrogen (secondary N) is 2. The molecule has 1 amide bonds. The van der Waals surface area contributed by atoms with Crippen LogP contribution < -0.4 is 10.0 Å². The monoisotopic (exact) mass is 575 g/mol. The summed E-state index contributed by atoms with van der Waals surface area (Å²) in [5.74, 6) is -0.676. The van der Waals surface area contributed by atoms with Gasteiger partial charge in [0.25, 0.3) is 10.0 Å². The second-order valence-corrected chi connectivity index (χ2v) is 13.6. The van der Waals surface area contributed by atoms with Crippen molar-refractivity contribution in [3.05, 3.63) is 88.4 Å². The van der Waals surface area contributed by atoms with E-state index < -0.39 is 20.0 Å². The first-order valence-corrected chi connectivity index (χ1v) is 15.6. The first-order chi connectivity index (χ1) is 17.9. The van der Waals surface area contributed by atoms with E-state index >= 15 is 0 Å². The third-order valence-electron chi connectivity index (χ3n) is 6.67. The van der Waals surface area contributed by atoms with Crippen LogP contribution in [0.1, 0.15) is 29.5 Å². The highest BCUT2D eigenvalue weighted by atomic mass is 35.5. The molecule has 0 saturated carbocycles. The van der Waals surface area contributed by atoms with E-state index in [1.807, 2.05) is 19.9 Å². The van der Waals surface area contributed by atoms with Crippen molar-refractivity contribution in [2.24, 2.45) is 5.92 Å². The Morgan fingerprint density at radius 2 is 1.47 bits per heavy atom. The van der Waals surface area contributed by atoms with Crippen LogP contribution in [0, 0.1) is 19.8 Å². The molecule has 3 aromatic rings. The zero-order chi connectivity index (χ0) is 27.5. The Morgan fingerprint density at radius 3 is 2.08 bits per heavy atom. The standard InChI is InChI=1S/C27H30ClN3O5S2/c1-19-3-8-25(17-20(19)2)30-38(35,36)26-11-9-24(10-12-26)29-27(32)22-13-15-31(16-14-22)37(33,34)18-21-4-6-23(28)7-5-21/h3-12,17,22,30H,13-16,18H2,1-2H3,(H,29,32). The summed E-state index contributed by atoms with van der Waals surface area (Å²) < 4.78 is 55.1. The summed E-state index contributed by atoms with van der Waals surface area (Å²) in [6.45, 7) is 4.38. The van der Waals surface area contributed by atoms with Gasteiger partial charge in [-0.15, -0.1) is 0 Å². The van der Waals surface area contributed by atoms with Gasteiger partial charge in [-0.25, -0.2) is 21.1 Å². The summed E-state index contributed by atoms with van der Waals surface area (Å²) >= 11 is 5.87. The van der Waals surface area contributed by atoms with Gasteiger partial charge in [0.05, 0.1) is 10.6 Å². The third-order valence-corrected chi connectivity index (χ3v) is 10.2. The molecule has 0 aromatic heterocycles. The fourth-order valence-corrected chi connectivity index (χ4v) is 7.00. The molecule has 0 radical (unpaired) electrons. The number of halogens is 1. The van der Waals surface area contributed by atoms with Crippen LogP contribution in [-0.2, 0) is 30.6 Å². The minimum atomic E-state index is -3.79. The van der Waals surface area contributed by atoms with Crippen molar-refractivity contribution < 1.29 is 21.6 Å². The molecule has 4 rings (SSSR count). The van der Waals surface area contributed by atoms with Gasteiger partial charge in [0.1, 0.15) is 0 Å². The first-order valence-electron chi connectivity index (χ1n) is 12.2. The normalized spacial score (nSPS) is 15.2. The van der Waals surface area contributed by atoms with Crippen molar-refractivity contribution in [3.8, 4) is 0 Å². The number of aryl methyl sites for hydroxylation is 2. The Labute approximate surface area is 229 Å². The molecule has 0 bridgehead atoms. The third kappa shape index (κ3) is 6.93. The van der Waals surface area contributed by atoms with Gasteiger partial charge in [0.2, 0.25) is 15.9 Å². The molecule has 1 heterocycles. The van der Waals surface area contributed by atoms with Crippen LogP contribution in [0.2, 0.25) is 5.02 Å². The molecule has 1 fully saturated rings. The van der Waals surface area contributed by atoms with E-state index in [0.29, 0.717) is 34.8 Å². The first kappa shape index (κ1) is 28.1. The van der Waals surface area contributed by atoms with E-state index in [4.69, 9.17) is 11.6 Å². The molecule has 0 aliphatic carbocycles. The Kier molecular flexibility index (Phi) is 8.46. The number of benzene rings is 3. The number of rotatable bonds is 8. The molecule has 0 unspecified atom stereocenters. The molecule has 202 valence electrons. The molecule has 0 spiro atoms. The Morgan fingerprint density at radius 1 is 0.868 bits per heavy atom. The van der Waals surface area contributed by atoms with Gasteiger partial charge in [-0.1, -0.05) is 29.8 Å². The van der Waals surface area contributed by atoms with E-state index in [2.05, 4.69) is 10.0 Å². The minimum Gasteiger partial charge on any atom is -0.326 e. The van der Waals surface area contributed by atoms with Crippen molar-refractivity contribution in [2.75, 3.05) is 23.1 Å². The number of anilines is 2. The van der Waals surface area contributed by atoms with E-state index in [1.54, 1.807) is 48.5 Å². The van der Waals surface area contributed by atoms with Crippen molar-refractivity contribution >= 4 is 48.9 Å². The minimum absolute atomic E-state index is 0.0768. The average molecular weight is 576 g/mol. The number of carbonyl (C=O) groups excluding carboxylic acids is 1. The van der Waals surface area contributed by atoms with Crippen molar-refractivity contribution in [1.82, 2.24) is 4.31 Å². The number of nitrogens with zero attached hydrogens (tertiary/aromatic N) is 1. The number of hydrogen-bond donors (Lipinski definition) is 2. The summed E-state index contributed by atoms with van der Waals surface area (Å²) in [4.78, 5) is 12.9. The van der Waals surface area contributed by atoms with Crippen LogP contribution in [0.25, 0.3) is 0 Å². The van der Waals surface area contributed by atoms with Gasteiger partial charge in [-0.2, -0.15) is 0 Å². The molecular formula is C27H30ClN3O5S2. The number of piperidine rings is 1. The zero-order valence-corrected chi connectivity index (χ0v) is 23.5. The summed E-state index contributed by atoms with van der Waals surface area (Å²) in [5, 5.41) is 3.36. The molecule has 1 saturated heterocycles. The van der Waals surface area contributed by atoms with Crippen molar-refractivity contribution in [3.63, 3.8) is 0 Å². The van der Waals surface area contributed by atoms with E-state index in [1.165, 1.54) is 16.4 Å². The second kappa shape index (κ2) is 11.4. The van der Waals surface area contributed by atoms with Crippen LogP contribution in [0.15, 0.2) is 71.6 Å². The Hall–Kier alpha value is -2.92. The van der Waals surface area contributed by atoms with Gasteiger partial charge in [0, 0.05) is 35.4 Å². The molecule has 8 nitrogen and oxygen atoms in total. The molecule has 38 heavy (non-hydrogen) atoms. The SMILES string of the molecule is Cc1ccc(NS(=O)(=O)c2ccc(NC(=O)C3CCN(S(=O)(=O)Cc4ccc(Cl)cc4)CC3)cc2)cc1C. The quantitative estimate of drug-likeness (QED) is 0.395. The topological polar surface area (TPSA) is 113 Å². The zero-order valence-electron chi connectivity index (χ0n) is 21.1. The lowest BCUT2D eigenvalue weighted by atomic mass is 9.97. The largest absolute Gasteiger partial charge is 0.326 e.